The van der Waals surface area contributed by atoms with Gasteiger partial charge in [-0.3, -0.25) is 14.8 Å². The molecule has 3 atom stereocenters. The Morgan fingerprint density at radius 2 is 1.93 bits per heavy atom. The van der Waals surface area contributed by atoms with Crippen molar-refractivity contribution in [3.05, 3.63) is 47.2 Å². The molecule has 4 rings (SSSR count). The van der Waals surface area contributed by atoms with E-state index in [1.807, 2.05) is 13.1 Å². The van der Waals surface area contributed by atoms with Crippen molar-refractivity contribution in [2.45, 2.75) is 64.7 Å². The zero-order valence-corrected chi connectivity index (χ0v) is 18.5. The molecular weight excluding hydrogens is 360 g/mol. The van der Waals surface area contributed by atoms with Crippen molar-refractivity contribution in [3.63, 3.8) is 0 Å². The van der Waals surface area contributed by atoms with Crippen LogP contribution < -0.4 is 4.90 Å². The Morgan fingerprint density at radius 1 is 1.17 bits per heavy atom. The average Bonchev–Trinajstić information content (AvgIpc) is 2.70. The van der Waals surface area contributed by atoms with E-state index in [1.54, 1.807) is 0 Å². The Bertz CT molecular complexity index is 841. The second kappa shape index (κ2) is 8.36. The number of hydrogen-bond donors (Lipinski definition) is 0. The Morgan fingerprint density at radius 3 is 2.69 bits per heavy atom. The van der Waals surface area contributed by atoms with Gasteiger partial charge in [-0.15, -0.1) is 0 Å². The molecule has 0 spiro atoms. The molecule has 0 saturated carbocycles. The van der Waals surface area contributed by atoms with E-state index in [0.29, 0.717) is 18.1 Å². The van der Waals surface area contributed by atoms with Crippen LogP contribution in [-0.4, -0.2) is 64.0 Å². The third-order valence-corrected chi connectivity index (χ3v) is 6.67. The predicted molar refractivity (Wildman–Crippen MR) is 117 cm³/mol. The van der Waals surface area contributed by atoms with Gasteiger partial charge >= 0.3 is 0 Å². The van der Waals surface area contributed by atoms with Crippen LogP contribution in [0, 0.1) is 6.92 Å². The van der Waals surface area contributed by atoms with Crippen molar-refractivity contribution in [2.75, 3.05) is 32.1 Å². The van der Waals surface area contributed by atoms with E-state index in [2.05, 4.69) is 60.8 Å². The number of piperazine rings is 1. The lowest BCUT2D eigenvalue weighted by Crippen LogP contribution is -2.55. The Balaban J connectivity index is 1.53. The lowest BCUT2D eigenvalue weighted by molar-refractivity contribution is 0.169. The van der Waals surface area contributed by atoms with E-state index in [-0.39, 0.29) is 0 Å². The van der Waals surface area contributed by atoms with Crippen LogP contribution in [0.2, 0.25) is 0 Å². The molecule has 1 aliphatic heterocycles. The molecule has 156 valence electrons. The number of hydrogen-bond acceptors (Lipinski definition) is 6. The quantitative estimate of drug-likeness (QED) is 0.794. The number of likely N-dealkylation sites (N-methyl/N-ethyl adjacent to an activating group) is 1. The Kier molecular flexibility index (Phi) is 5.83. The number of aromatic nitrogens is 3. The SMILES string of the molecule is Cc1nc(CN(C)[C@H]2CCCc3cccnc32)cc(N2C[C@@H](C)N(C)[C@@H](C)C2)n1. The number of anilines is 1. The molecule has 0 bridgehead atoms. The summed E-state index contributed by atoms with van der Waals surface area (Å²) in [6.45, 7) is 9.42. The highest BCUT2D eigenvalue weighted by Gasteiger charge is 2.28. The van der Waals surface area contributed by atoms with Crippen molar-refractivity contribution >= 4 is 5.82 Å². The summed E-state index contributed by atoms with van der Waals surface area (Å²) in [7, 11) is 4.42. The summed E-state index contributed by atoms with van der Waals surface area (Å²) in [4.78, 5) is 21.5. The molecule has 29 heavy (non-hydrogen) atoms. The predicted octanol–water partition coefficient (Wildman–Crippen LogP) is 3.22. The molecule has 2 aliphatic rings. The first-order chi connectivity index (χ1) is 13.9. The molecule has 0 aromatic carbocycles. The lowest BCUT2D eigenvalue weighted by atomic mass is 9.91. The standard InChI is InChI=1S/C23H34N6/c1-16-13-29(14-17(2)28(16)5)22-12-20(25-18(3)26-22)15-27(4)21-10-6-8-19-9-7-11-24-23(19)21/h7,9,11-12,16-17,21H,6,8,10,13-15H2,1-5H3/t16-,17+,21-/m0/s1. The lowest BCUT2D eigenvalue weighted by Gasteiger charge is -2.43. The van der Waals surface area contributed by atoms with E-state index in [4.69, 9.17) is 15.0 Å². The number of pyridine rings is 1. The summed E-state index contributed by atoms with van der Waals surface area (Å²) in [5.41, 5.74) is 3.74. The molecule has 1 fully saturated rings. The average molecular weight is 395 g/mol. The fourth-order valence-corrected chi connectivity index (χ4v) is 4.83. The third-order valence-electron chi connectivity index (χ3n) is 6.67. The van der Waals surface area contributed by atoms with Crippen molar-refractivity contribution < 1.29 is 0 Å². The minimum Gasteiger partial charge on any atom is -0.353 e. The first-order valence-corrected chi connectivity index (χ1v) is 10.9. The maximum absolute atomic E-state index is 4.77. The molecule has 3 heterocycles. The molecule has 6 heteroatoms. The first kappa shape index (κ1) is 20.2. The zero-order chi connectivity index (χ0) is 20.5. The van der Waals surface area contributed by atoms with Gasteiger partial charge in [0.05, 0.1) is 17.4 Å². The summed E-state index contributed by atoms with van der Waals surface area (Å²) in [6, 6.07) is 7.87. The molecule has 0 radical (unpaired) electrons. The van der Waals surface area contributed by atoms with Gasteiger partial charge in [0.2, 0.25) is 0 Å². The normalized spacial score (nSPS) is 25.3. The van der Waals surface area contributed by atoms with Gasteiger partial charge in [0.1, 0.15) is 11.6 Å². The highest BCUT2D eigenvalue weighted by Crippen LogP contribution is 2.32. The van der Waals surface area contributed by atoms with Crippen LogP contribution in [0.1, 0.15) is 55.5 Å². The van der Waals surface area contributed by atoms with Gasteiger partial charge in [-0.25, -0.2) is 9.97 Å². The molecule has 0 N–H and O–H groups in total. The van der Waals surface area contributed by atoms with Gasteiger partial charge in [0.25, 0.3) is 0 Å². The summed E-state index contributed by atoms with van der Waals surface area (Å²) in [5, 5.41) is 0. The molecule has 2 aromatic rings. The summed E-state index contributed by atoms with van der Waals surface area (Å²) < 4.78 is 0. The van der Waals surface area contributed by atoms with Crippen LogP contribution in [0.3, 0.4) is 0 Å². The fraction of sp³-hybridized carbons (Fsp3) is 0.609. The van der Waals surface area contributed by atoms with Crippen LogP contribution in [-0.2, 0) is 13.0 Å². The number of fused-ring (bicyclic) bond motifs is 1. The van der Waals surface area contributed by atoms with E-state index >= 15 is 0 Å². The second-order valence-corrected chi connectivity index (χ2v) is 8.90. The van der Waals surface area contributed by atoms with Crippen molar-refractivity contribution in [1.29, 1.82) is 0 Å². The van der Waals surface area contributed by atoms with E-state index in [9.17, 15) is 0 Å². The maximum Gasteiger partial charge on any atom is 0.132 e. The Hall–Kier alpha value is -2.05. The maximum atomic E-state index is 4.77. The number of aryl methyl sites for hydroxylation is 2. The van der Waals surface area contributed by atoms with E-state index in [0.717, 1.165) is 49.8 Å². The van der Waals surface area contributed by atoms with Crippen molar-refractivity contribution in [2.24, 2.45) is 0 Å². The largest absolute Gasteiger partial charge is 0.353 e. The monoisotopic (exact) mass is 394 g/mol. The third kappa shape index (κ3) is 4.28. The summed E-state index contributed by atoms with van der Waals surface area (Å²) in [5.74, 6) is 1.92. The molecule has 0 amide bonds. The van der Waals surface area contributed by atoms with Crippen molar-refractivity contribution in [1.82, 2.24) is 24.8 Å². The topological polar surface area (TPSA) is 48.4 Å². The molecule has 0 unspecified atom stereocenters. The van der Waals surface area contributed by atoms with Crippen LogP contribution >= 0.6 is 0 Å². The van der Waals surface area contributed by atoms with Crippen LogP contribution in [0.15, 0.2) is 24.4 Å². The summed E-state index contributed by atoms with van der Waals surface area (Å²) in [6.07, 6.45) is 5.45. The second-order valence-electron chi connectivity index (χ2n) is 8.90. The minimum atomic E-state index is 0.363. The highest BCUT2D eigenvalue weighted by atomic mass is 15.3. The van der Waals surface area contributed by atoms with Crippen LogP contribution in [0.25, 0.3) is 0 Å². The molecule has 2 aromatic heterocycles. The molecule has 1 saturated heterocycles. The van der Waals surface area contributed by atoms with Crippen molar-refractivity contribution in [3.8, 4) is 0 Å². The fourth-order valence-electron chi connectivity index (χ4n) is 4.83. The highest BCUT2D eigenvalue weighted by molar-refractivity contribution is 5.41. The smallest absolute Gasteiger partial charge is 0.132 e. The van der Waals surface area contributed by atoms with E-state index < -0.39 is 0 Å². The molecular formula is C23H34N6. The van der Waals surface area contributed by atoms with E-state index in [1.165, 1.54) is 17.7 Å². The minimum absolute atomic E-state index is 0.363. The van der Waals surface area contributed by atoms with Gasteiger partial charge in [0, 0.05) is 44.0 Å². The molecule has 1 aliphatic carbocycles. The van der Waals surface area contributed by atoms with Crippen LogP contribution in [0.4, 0.5) is 5.82 Å². The van der Waals surface area contributed by atoms with Gasteiger partial charge in [-0.1, -0.05) is 6.07 Å². The van der Waals surface area contributed by atoms with Gasteiger partial charge in [-0.2, -0.15) is 0 Å². The van der Waals surface area contributed by atoms with Gasteiger partial charge < -0.3 is 4.90 Å². The van der Waals surface area contributed by atoms with Crippen LogP contribution in [0.5, 0.6) is 0 Å². The van der Waals surface area contributed by atoms with Gasteiger partial charge in [0.15, 0.2) is 0 Å². The molecule has 6 nitrogen and oxygen atoms in total. The Labute approximate surface area is 175 Å². The zero-order valence-electron chi connectivity index (χ0n) is 18.5. The first-order valence-electron chi connectivity index (χ1n) is 10.9. The van der Waals surface area contributed by atoms with Gasteiger partial charge in [-0.05, 0) is 65.8 Å². The summed E-state index contributed by atoms with van der Waals surface area (Å²) >= 11 is 0. The number of rotatable bonds is 4. The number of nitrogens with zero attached hydrogens (tertiary/aromatic N) is 6.